The van der Waals surface area contributed by atoms with E-state index in [2.05, 4.69) is 45.0 Å². The fourth-order valence-electron chi connectivity index (χ4n) is 2.35. The Balaban J connectivity index is 2.54. The van der Waals surface area contributed by atoms with Crippen LogP contribution < -0.4 is 0 Å². The Labute approximate surface area is 142 Å². The summed E-state index contributed by atoms with van der Waals surface area (Å²) in [4.78, 5) is 0. The minimum Gasteiger partial charge on any atom is -0.386 e. The average molecular weight is 320 g/mol. The third-order valence-corrected chi connectivity index (χ3v) is 3.72. The van der Waals surface area contributed by atoms with E-state index in [1.807, 2.05) is 6.07 Å². The first-order valence-corrected chi connectivity index (χ1v) is 9.22. The Kier molecular flexibility index (Phi) is 11.9. The molecule has 1 atom stereocenters. The van der Waals surface area contributed by atoms with Crippen molar-refractivity contribution < 1.29 is 14.0 Å². The van der Waals surface area contributed by atoms with Crippen molar-refractivity contribution in [1.29, 1.82) is 0 Å². The SMILES string of the molecule is CCCCOB(OCCCC)OC(CCC)Cc1ccccc1. The first kappa shape index (κ1) is 20.2. The number of hydrogen-bond donors (Lipinski definition) is 0. The quantitative estimate of drug-likeness (QED) is 0.355. The zero-order chi connectivity index (χ0) is 16.8. The molecule has 1 rings (SSSR count). The van der Waals surface area contributed by atoms with Crippen LogP contribution in [0.15, 0.2) is 30.3 Å². The fraction of sp³-hybridized carbons (Fsp3) is 0.684. The largest absolute Gasteiger partial charge is 0.639 e. The summed E-state index contributed by atoms with van der Waals surface area (Å²) in [6.45, 7) is 7.89. The molecule has 1 unspecified atom stereocenters. The molecule has 0 bridgehead atoms. The highest BCUT2D eigenvalue weighted by atomic mass is 16.7. The van der Waals surface area contributed by atoms with E-state index in [0.717, 1.165) is 44.9 Å². The van der Waals surface area contributed by atoms with Crippen molar-refractivity contribution in [3.8, 4) is 0 Å². The molecule has 0 aliphatic rings. The van der Waals surface area contributed by atoms with Gasteiger partial charge in [-0.15, -0.1) is 0 Å². The summed E-state index contributed by atoms with van der Waals surface area (Å²) in [5.41, 5.74) is 1.30. The van der Waals surface area contributed by atoms with Gasteiger partial charge in [-0.2, -0.15) is 0 Å². The lowest BCUT2D eigenvalue weighted by atomic mass is 10.0. The summed E-state index contributed by atoms with van der Waals surface area (Å²) >= 11 is 0. The molecular weight excluding hydrogens is 287 g/mol. The molecule has 0 amide bonds. The van der Waals surface area contributed by atoms with Crippen molar-refractivity contribution in [2.24, 2.45) is 0 Å². The Bertz CT molecular complexity index is 362. The molecule has 0 saturated heterocycles. The van der Waals surface area contributed by atoms with Crippen LogP contribution in [-0.2, 0) is 20.4 Å². The van der Waals surface area contributed by atoms with Crippen molar-refractivity contribution in [2.75, 3.05) is 13.2 Å². The highest BCUT2D eigenvalue weighted by Gasteiger charge is 2.25. The molecule has 0 aliphatic carbocycles. The van der Waals surface area contributed by atoms with Crippen LogP contribution in [0.5, 0.6) is 0 Å². The predicted molar refractivity (Wildman–Crippen MR) is 97.4 cm³/mol. The van der Waals surface area contributed by atoms with Crippen LogP contribution in [0.2, 0.25) is 0 Å². The highest BCUT2D eigenvalue weighted by molar-refractivity contribution is 6.36. The summed E-state index contributed by atoms with van der Waals surface area (Å²) in [5, 5.41) is 0. The summed E-state index contributed by atoms with van der Waals surface area (Å²) in [6.07, 6.45) is 7.44. The second kappa shape index (κ2) is 13.6. The number of benzene rings is 1. The van der Waals surface area contributed by atoms with Gasteiger partial charge in [0.1, 0.15) is 0 Å². The lowest BCUT2D eigenvalue weighted by Gasteiger charge is -2.22. The van der Waals surface area contributed by atoms with Crippen LogP contribution in [0.3, 0.4) is 0 Å². The molecule has 0 heterocycles. The van der Waals surface area contributed by atoms with Crippen LogP contribution in [0.25, 0.3) is 0 Å². The molecule has 4 heteroatoms. The van der Waals surface area contributed by atoms with Crippen LogP contribution in [0.1, 0.15) is 64.9 Å². The van der Waals surface area contributed by atoms with E-state index < -0.39 is 7.32 Å². The predicted octanol–water partition coefficient (Wildman–Crippen LogP) is 5.03. The first-order chi connectivity index (χ1) is 11.3. The molecule has 0 N–H and O–H groups in total. The van der Waals surface area contributed by atoms with Crippen LogP contribution in [0, 0.1) is 0 Å². The third kappa shape index (κ3) is 9.80. The van der Waals surface area contributed by atoms with Gasteiger partial charge in [-0.05, 0) is 31.2 Å². The van der Waals surface area contributed by atoms with Crippen molar-refractivity contribution in [3.05, 3.63) is 35.9 Å². The maximum absolute atomic E-state index is 6.14. The maximum Gasteiger partial charge on any atom is 0.639 e. The van der Waals surface area contributed by atoms with Crippen molar-refractivity contribution >= 4 is 7.32 Å². The number of hydrogen-bond acceptors (Lipinski definition) is 3. The van der Waals surface area contributed by atoms with Crippen molar-refractivity contribution in [1.82, 2.24) is 0 Å². The summed E-state index contributed by atoms with van der Waals surface area (Å²) < 4.78 is 17.7. The zero-order valence-electron chi connectivity index (χ0n) is 15.1. The van der Waals surface area contributed by atoms with Crippen LogP contribution in [0.4, 0.5) is 0 Å². The van der Waals surface area contributed by atoms with E-state index in [0.29, 0.717) is 13.2 Å². The van der Waals surface area contributed by atoms with E-state index in [1.54, 1.807) is 0 Å². The zero-order valence-corrected chi connectivity index (χ0v) is 15.1. The molecule has 3 nitrogen and oxygen atoms in total. The number of rotatable bonds is 14. The minimum atomic E-state index is -0.534. The molecule has 0 aliphatic heterocycles. The molecule has 0 fully saturated rings. The molecule has 0 radical (unpaired) electrons. The Morgan fingerprint density at radius 2 is 1.48 bits per heavy atom. The molecule has 0 spiro atoms. The maximum atomic E-state index is 6.14. The number of unbranched alkanes of at least 4 members (excludes halogenated alkanes) is 2. The van der Waals surface area contributed by atoms with Crippen LogP contribution in [-0.4, -0.2) is 26.6 Å². The van der Waals surface area contributed by atoms with Gasteiger partial charge in [0.2, 0.25) is 0 Å². The Morgan fingerprint density at radius 1 is 0.870 bits per heavy atom. The van der Waals surface area contributed by atoms with Crippen LogP contribution >= 0.6 is 0 Å². The van der Waals surface area contributed by atoms with Gasteiger partial charge in [0.25, 0.3) is 0 Å². The van der Waals surface area contributed by atoms with Gasteiger partial charge in [0.15, 0.2) is 0 Å². The van der Waals surface area contributed by atoms with Crippen molar-refractivity contribution in [3.63, 3.8) is 0 Å². The van der Waals surface area contributed by atoms with Gasteiger partial charge in [0.05, 0.1) is 0 Å². The lowest BCUT2D eigenvalue weighted by Crippen LogP contribution is -2.34. The Hall–Kier alpha value is -0.835. The summed E-state index contributed by atoms with van der Waals surface area (Å²) in [7, 11) is -0.534. The van der Waals surface area contributed by atoms with E-state index >= 15 is 0 Å². The molecule has 1 aromatic carbocycles. The van der Waals surface area contributed by atoms with Gasteiger partial charge < -0.3 is 14.0 Å². The molecule has 0 saturated carbocycles. The topological polar surface area (TPSA) is 27.7 Å². The second-order valence-electron chi connectivity index (χ2n) is 5.97. The standard InChI is InChI=1S/C19H33BO3/c1-4-7-15-21-20(22-16-8-5-2)23-19(12-6-3)17-18-13-10-9-11-14-18/h9-11,13-14,19H,4-8,12,15-17H2,1-3H3. The third-order valence-electron chi connectivity index (χ3n) is 3.72. The molecule has 0 aromatic heterocycles. The normalized spacial score (nSPS) is 12.3. The van der Waals surface area contributed by atoms with Gasteiger partial charge in [-0.3, -0.25) is 0 Å². The monoisotopic (exact) mass is 320 g/mol. The minimum absolute atomic E-state index is 0.135. The molecule has 1 aromatic rings. The Morgan fingerprint density at radius 3 is 2.00 bits per heavy atom. The highest BCUT2D eigenvalue weighted by Crippen LogP contribution is 2.13. The smallest absolute Gasteiger partial charge is 0.386 e. The lowest BCUT2D eigenvalue weighted by molar-refractivity contribution is 0.0519. The van der Waals surface area contributed by atoms with Gasteiger partial charge >= 0.3 is 7.32 Å². The molecular formula is C19H33BO3. The first-order valence-electron chi connectivity index (χ1n) is 9.22. The summed E-state index contributed by atoms with van der Waals surface area (Å²) in [6, 6.07) is 10.5. The van der Waals surface area contributed by atoms with Gasteiger partial charge in [-0.25, -0.2) is 0 Å². The molecule has 130 valence electrons. The summed E-state index contributed by atoms with van der Waals surface area (Å²) in [5.74, 6) is 0. The van der Waals surface area contributed by atoms with Gasteiger partial charge in [0, 0.05) is 19.3 Å². The second-order valence-corrected chi connectivity index (χ2v) is 5.97. The van der Waals surface area contributed by atoms with E-state index in [-0.39, 0.29) is 6.10 Å². The van der Waals surface area contributed by atoms with Gasteiger partial charge in [-0.1, -0.05) is 70.4 Å². The molecule has 23 heavy (non-hydrogen) atoms. The van der Waals surface area contributed by atoms with E-state index in [9.17, 15) is 0 Å². The van der Waals surface area contributed by atoms with E-state index in [4.69, 9.17) is 14.0 Å². The average Bonchev–Trinajstić information content (AvgIpc) is 2.56. The van der Waals surface area contributed by atoms with E-state index in [1.165, 1.54) is 5.56 Å². The van der Waals surface area contributed by atoms with Crippen molar-refractivity contribution in [2.45, 2.75) is 71.8 Å². The fourth-order valence-corrected chi connectivity index (χ4v) is 2.35.